The third-order valence-electron chi connectivity index (χ3n) is 3.77. The summed E-state index contributed by atoms with van der Waals surface area (Å²) in [7, 11) is 0. The average Bonchev–Trinajstić information content (AvgIpc) is 2.40. The van der Waals surface area contributed by atoms with Crippen LogP contribution in [0.4, 0.5) is 0 Å². The van der Waals surface area contributed by atoms with Gasteiger partial charge in [0.15, 0.2) is 0 Å². The second-order valence-electron chi connectivity index (χ2n) is 6.41. The van der Waals surface area contributed by atoms with Gasteiger partial charge in [-0.2, -0.15) is 0 Å². The number of piperazine rings is 1. The molecule has 116 valence electrons. The zero-order valence-electron chi connectivity index (χ0n) is 13.2. The van der Waals surface area contributed by atoms with E-state index in [0.29, 0.717) is 13.0 Å². The number of aliphatic hydroxyl groups is 1. The van der Waals surface area contributed by atoms with Crippen LogP contribution in [0.2, 0.25) is 0 Å². The van der Waals surface area contributed by atoms with E-state index in [0.717, 1.165) is 37.4 Å². The van der Waals surface area contributed by atoms with Gasteiger partial charge in [-0.25, -0.2) is 0 Å². The van der Waals surface area contributed by atoms with Crippen LogP contribution in [0.5, 0.6) is 0 Å². The second-order valence-corrected chi connectivity index (χ2v) is 6.41. The fourth-order valence-electron chi connectivity index (χ4n) is 2.66. The number of hydrogen-bond donors (Lipinski definition) is 1. The van der Waals surface area contributed by atoms with Gasteiger partial charge < -0.3 is 10.0 Å². The topological polar surface area (TPSA) is 56.7 Å². The predicted octanol–water partition coefficient (Wildman–Crippen LogP) is 0.848. The van der Waals surface area contributed by atoms with Gasteiger partial charge in [-0.1, -0.05) is 6.07 Å². The van der Waals surface area contributed by atoms with Gasteiger partial charge in [0.05, 0.1) is 17.7 Å². The second kappa shape index (κ2) is 6.54. The van der Waals surface area contributed by atoms with E-state index in [1.807, 2.05) is 37.8 Å². The highest BCUT2D eigenvalue weighted by atomic mass is 16.3. The highest BCUT2D eigenvalue weighted by Gasteiger charge is 2.25. The first-order valence-corrected chi connectivity index (χ1v) is 7.48. The van der Waals surface area contributed by atoms with Gasteiger partial charge in [-0.3, -0.25) is 14.7 Å². The fraction of sp³-hybridized carbons (Fsp3) is 0.625. The fourth-order valence-corrected chi connectivity index (χ4v) is 2.66. The molecule has 0 atom stereocenters. The molecule has 1 fully saturated rings. The van der Waals surface area contributed by atoms with Crippen LogP contribution in [0.15, 0.2) is 18.3 Å². The number of nitrogens with zero attached hydrogens (tertiary/aromatic N) is 3. The lowest BCUT2D eigenvalue weighted by Crippen LogP contribution is -2.52. The van der Waals surface area contributed by atoms with Crippen molar-refractivity contribution in [1.29, 1.82) is 0 Å². The van der Waals surface area contributed by atoms with Gasteiger partial charge in [0.1, 0.15) is 0 Å². The average molecular weight is 291 g/mol. The molecule has 0 radical (unpaired) electrons. The van der Waals surface area contributed by atoms with E-state index in [-0.39, 0.29) is 5.91 Å². The summed E-state index contributed by atoms with van der Waals surface area (Å²) in [6.45, 7) is 9.34. The minimum absolute atomic E-state index is 0.139. The quantitative estimate of drug-likeness (QED) is 0.893. The lowest BCUT2D eigenvalue weighted by atomic mass is 10.1. The van der Waals surface area contributed by atoms with Crippen molar-refractivity contribution < 1.29 is 9.90 Å². The first-order valence-electron chi connectivity index (χ1n) is 7.48. The Morgan fingerprint density at radius 3 is 2.57 bits per heavy atom. The van der Waals surface area contributed by atoms with Crippen LogP contribution in [0.3, 0.4) is 0 Å². The van der Waals surface area contributed by atoms with Gasteiger partial charge in [0.25, 0.3) is 0 Å². The minimum atomic E-state index is -0.683. The number of carbonyl (C=O) groups is 1. The van der Waals surface area contributed by atoms with Crippen LogP contribution >= 0.6 is 0 Å². The Hall–Kier alpha value is -1.46. The van der Waals surface area contributed by atoms with Gasteiger partial charge in [0.2, 0.25) is 5.91 Å². The zero-order chi connectivity index (χ0) is 15.5. The first kappa shape index (κ1) is 15.9. The Morgan fingerprint density at radius 2 is 2.00 bits per heavy atom. The Morgan fingerprint density at radius 1 is 1.33 bits per heavy atom. The van der Waals surface area contributed by atoms with E-state index >= 15 is 0 Å². The molecule has 1 aromatic heterocycles. The highest BCUT2D eigenvalue weighted by Crippen LogP contribution is 2.11. The van der Waals surface area contributed by atoms with Crippen molar-refractivity contribution in [3.63, 3.8) is 0 Å². The molecule has 1 N–H and O–H groups in total. The number of hydrogen-bond acceptors (Lipinski definition) is 4. The number of aromatic nitrogens is 1. The normalized spacial score (nSPS) is 17.0. The van der Waals surface area contributed by atoms with Crippen LogP contribution in [0.1, 0.15) is 25.1 Å². The number of pyridine rings is 1. The zero-order valence-corrected chi connectivity index (χ0v) is 13.2. The maximum atomic E-state index is 12.3. The number of amides is 1. The number of rotatable bonds is 4. The smallest absolute Gasteiger partial charge is 0.228 e. The van der Waals surface area contributed by atoms with Crippen LogP contribution in [0, 0.1) is 6.92 Å². The minimum Gasteiger partial charge on any atom is -0.389 e. The molecule has 1 aliphatic rings. The molecular formula is C16H25N3O2. The van der Waals surface area contributed by atoms with Gasteiger partial charge >= 0.3 is 0 Å². The maximum Gasteiger partial charge on any atom is 0.228 e. The standard InChI is InChI=1S/C16H25N3O2/c1-13-5-4-6-17-14(13)11-15(20)19-9-7-18(8-10-19)12-16(2,3)21/h4-6,21H,7-12H2,1-3H3. The summed E-state index contributed by atoms with van der Waals surface area (Å²) in [4.78, 5) is 20.7. The third kappa shape index (κ3) is 4.79. The van der Waals surface area contributed by atoms with Crippen molar-refractivity contribution in [3.8, 4) is 0 Å². The molecule has 1 saturated heterocycles. The highest BCUT2D eigenvalue weighted by molar-refractivity contribution is 5.78. The van der Waals surface area contributed by atoms with Crippen molar-refractivity contribution in [2.75, 3.05) is 32.7 Å². The van der Waals surface area contributed by atoms with E-state index in [1.54, 1.807) is 6.20 Å². The molecule has 0 spiro atoms. The largest absolute Gasteiger partial charge is 0.389 e. The van der Waals surface area contributed by atoms with Crippen molar-refractivity contribution in [3.05, 3.63) is 29.6 Å². The van der Waals surface area contributed by atoms with Crippen molar-refractivity contribution in [2.24, 2.45) is 0 Å². The molecule has 1 aromatic rings. The van der Waals surface area contributed by atoms with E-state index in [2.05, 4.69) is 9.88 Å². The Kier molecular flexibility index (Phi) is 4.96. The number of β-amino-alcohol motifs (C(OH)–C–C–N with tert-alkyl or cyclic N) is 1. The van der Waals surface area contributed by atoms with E-state index in [1.165, 1.54) is 0 Å². The molecule has 0 aromatic carbocycles. The van der Waals surface area contributed by atoms with Crippen molar-refractivity contribution in [2.45, 2.75) is 32.8 Å². The van der Waals surface area contributed by atoms with Crippen LogP contribution < -0.4 is 0 Å². The number of aryl methyl sites for hydroxylation is 1. The molecule has 1 amide bonds. The monoisotopic (exact) mass is 291 g/mol. The molecule has 0 aliphatic carbocycles. The lowest BCUT2D eigenvalue weighted by Gasteiger charge is -2.37. The summed E-state index contributed by atoms with van der Waals surface area (Å²) in [6, 6.07) is 3.87. The van der Waals surface area contributed by atoms with Gasteiger partial charge in [0, 0.05) is 38.9 Å². The molecule has 0 bridgehead atoms. The molecular weight excluding hydrogens is 266 g/mol. The molecule has 2 heterocycles. The molecule has 0 saturated carbocycles. The van der Waals surface area contributed by atoms with Crippen LogP contribution in [-0.4, -0.2) is 64.1 Å². The van der Waals surface area contributed by atoms with Crippen molar-refractivity contribution >= 4 is 5.91 Å². The van der Waals surface area contributed by atoms with E-state index in [4.69, 9.17) is 0 Å². The molecule has 1 aliphatic heterocycles. The molecule has 2 rings (SSSR count). The summed E-state index contributed by atoms with van der Waals surface area (Å²) in [5, 5.41) is 9.84. The van der Waals surface area contributed by atoms with Gasteiger partial charge in [-0.05, 0) is 32.4 Å². The summed E-state index contributed by atoms with van der Waals surface area (Å²) in [6.07, 6.45) is 2.11. The molecule has 21 heavy (non-hydrogen) atoms. The summed E-state index contributed by atoms with van der Waals surface area (Å²) < 4.78 is 0. The molecule has 0 unspecified atom stereocenters. The Balaban J connectivity index is 1.85. The van der Waals surface area contributed by atoms with E-state index in [9.17, 15) is 9.90 Å². The number of carbonyl (C=O) groups excluding carboxylic acids is 1. The Bertz CT molecular complexity index is 489. The van der Waals surface area contributed by atoms with Crippen LogP contribution in [-0.2, 0) is 11.2 Å². The predicted molar refractivity (Wildman–Crippen MR) is 82.0 cm³/mol. The summed E-state index contributed by atoms with van der Waals surface area (Å²) in [5.41, 5.74) is 1.24. The van der Waals surface area contributed by atoms with Gasteiger partial charge in [-0.15, -0.1) is 0 Å². The maximum absolute atomic E-state index is 12.3. The van der Waals surface area contributed by atoms with E-state index < -0.39 is 5.60 Å². The summed E-state index contributed by atoms with van der Waals surface area (Å²) >= 11 is 0. The van der Waals surface area contributed by atoms with Crippen molar-refractivity contribution in [1.82, 2.24) is 14.8 Å². The molecule has 5 heteroatoms. The third-order valence-corrected chi connectivity index (χ3v) is 3.77. The summed E-state index contributed by atoms with van der Waals surface area (Å²) in [5.74, 6) is 0.139. The lowest BCUT2D eigenvalue weighted by molar-refractivity contribution is -0.132. The van der Waals surface area contributed by atoms with Crippen LogP contribution in [0.25, 0.3) is 0 Å². The first-order chi connectivity index (χ1) is 9.85. The molecule has 5 nitrogen and oxygen atoms in total. The SMILES string of the molecule is Cc1cccnc1CC(=O)N1CCN(CC(C)(C)O)CC1. The Labute approximate surface area is 126 Å².